The Morgan fingerprint density at radius 3 is 2.66 bits per heavy atom. The molecule has 3 aromatic rings. The molecule has 170 valence electrons. The first-order valence-electron chi connectivity index (χ1n) is 10.7. The maximum Gasteiger partial charge on any atom is 0.357 e. The Balaban J connectivity index is 1.71. The third-order valence-electron chi connectivity index (χ3n) is 5.50. The molecule has 4 rings (SSSR count). The number of aromatic nitrogens is 2. The summed E-state index contributed by atoms with van der Waals surface area (Å²) in [6.07, 6.45) is 5.32. The van der Waals surface area contributed by atoms with Crippen LogP contribution in [-0.4, -0.2) is 45.1 Å². The van der Waals surface area contributed by atoms with Crippen molar-refractivity contribution in [1.29, 1.82) is 0 Å². The number of fused-ring (bicyclic) bond motifs is 1. The fourth-order valence-corrected chi connectivity index (χ4v) is 5.25. The number of esters is 1. The molecule has 1 aliphatic heterocycles. The molecule has 3 heterocycles. The van der Waals surface area contributed by atoms with Crippen molar-refractivity contribution >= 4 is 39.3 Å². The number of nitrogens with zero attached hydrogens (tertiary/aromatic N) is 3. The maximum absolute atomic E-state index is 13.2. The number of carbonyl (C=O) groups is 1. The monoisotopic (exact) mass is 521 g/mol. The quantitative estimate of drug-likeness (QED) is 0.331. The third kappa shape index (κ3) is 4.94. The van der Waals surface area contributed by atoms with E-state index in [-0.39, 0.29) is 23.9 Å². The average molecular weight is 522 g/mol. The highest BCUT2D eigenvalue weighted by atomic mass is 79.9. The van der Waals surface area contributed by atoms with Gasteiger partial charge in [0, 0.05) is 33.4 Å². The molecule has 0 radical (unpaired) electrons. The number of likely N-dealkylation sites (tertiary alicyclic amines) is 1. The van der Waals surface area contributed by atoms with Crippen molar-refractivity contribution in [2.24, 2.45) is 0 Å². The number of benzene rings is 1. The number of piperidine rings is 1. The van der Waals surface area contributed by atoms with Gasteiger partial charge in [-0.25, -0.2) is 14.2 Å². The van der Waals surface area contributed by atoms with Crippen molar-refractivity contribution in [2.45, 2.75) is 43.4 Å². The summed E-state index contributed by atoms with van der Waals surface area (Å²) in [5.74, 6) is -0.358. The van der Waals surface area contributed by atoms with Gasteiger partial charge in [-0.05, 0) is 73.1 Å². The highest BCUT2D eigenvalue weighted by Gasteiger charge is 2.25. The molecule has 9 heteroatoms. The molecule has 0 unspecified atom stereocenters. The molecular weight excluding hydrogens is 497 g/mol. The second-order valence-electron chi connectivity index (χ2n) is 7.70. The standard InChI is InChI=1S/C23H25BrFN3O3S/c1-2-31-23(30)20-19(14-32-16-8-6-15(25)7-9-16)26-22-21(29)17(18(24)13-28(20)22)12-27-10-4-3-5-11-27/h6-9,13,29H,2-5,10-12,14H2,1H3. The first kappa shape index (κ1) is 23.1. The third-order valence-corrected chi connectivity index (χ3v) is 7.21. The van der Waals surface area contributed by atoms with E-state index in [4.69, 9.17) is 4.74 Å². The van der Waals surface area contributed by atoms with Crippen LogP contribution in [0.15, 0.2) is 39.8 Å². The van der Waals surface area contributed by atoms with Gasteiger partial charge in [0.05, 0.1) is 12.3 Å². The van der Waals surface area contributed by atoms with Crippen molar-refractivity contribution in [3.63, 3.8) is 0 Å². The molecule has 1 saturated heterocycles. The summed E-state index contributed by atoms with van der Waals surface area (Å²) in [4.78, 5) is 20.6. The van der Waals surface area contributed by atoms with E-state index in [0.29, 0.717) is 28.1 Å². The second kappa shape index (κ2) is 10.2. The van der Waals surface area contributed by atoms with Crippen LogP contribution in [0.4, 0.5) is 4.39 Å². The minimum atomic E-state index is -0.496. The number of aromatic hydroxyl groups is 1. The Kier molecular flexibility index (Phi) is 7.37. The molecule has 0 amide bonds. The summed E-state index contributed by atoms with van der Waals surface area (Å²) in [6.45, 7) is 4.59. The van der Waals surface area contributed by atoms with Crippen LogP contribution in [0.3, 0.4) is 0 Å². The normalized spacial score (nSPS) is 14.7. The molecule has 32 heavy (non-hydrogen) atoms. The zero-order valence-corrected chi connectivity index (χ0v) is 20.2. The summed E-state index contributed by atoms with van der Waals surface area (Å²) in [5, 5.41) is 11.1. The topological polar surface area (TPSA) is 67.1 Å². The molecule has 0 bridgehead atoms. The average Bonchev–Trinajstić information content (AvgIpc) is 3.15. The molecule has 1 fully saturated rings. The van der Waals surface area contributed by atoms with Gasteiger partial charge in [-0.3, -0.25) is 9.30 Å². The van der Waals surface area contributed by atoms with Crippen molar-refractivity contribution in [1.82, 2.24) is 14.3 Å². The second-order valence-corrected chi connectivity index (χ2v) is 9.61. The van der Waals surface area contributed by atoms with Crippen molar-refractivity contribution in [3.8, 4) is 5.75 Å². The van der Waals surface area contributed by atoms with Crippen LogP contribution >= 0.6 is 27.7 Å². The number of ether oxygens (including phenoxy) is 1. The number of halogens is 2. The number of thioether (sulfide) groups is 1. The summed E-state index contributed by atoms with van der Waals surface area (Å²) in [5.41, 5.74) is 1.89. The lowest BCUT2D eigenvalue weighted by molar-refractivity contribution is 0.0517. The first-order chi connectivity index (χ1) is 15.5. The summed E-state index contributed by atoms with van der Waals surface area (Å²) >= 11 is 5.02. The van der Waals surface area contributed by atoms with Crippen molar-refractivity contribution < 1.29 is 19.0 Å². The van der Waals surface area contributed by atoms with Gasteiger partial charge in [-0.2, -0.15) is 0 Å². The van der Waals surface area contributed by atoms with E-state index in [1.54, 1.807) is 29.7 Å². The summed E-state index contributed by atoms with van der Waals surface area (Å²) in [6, 6.07) is 6.16. The van der Waals surface area contributed by atoms with Crippen molar-refractivity contribution in [3.05, 3.63) is 57.7 Å². The minimum Gasteiger partial charge on any atom is -0.504 e. The van der Waals surface area contributed by atoms with E-state index in [1.165, 1.54) is 30.3 Å². The fraction of sp³-hybridized carbons (Fsp3) is 0.391. The molecule has 1 N–H and O–H groups in total. The molecule has 0 atom stereocenters. The molecule has 6 nitrogen and oxygen atoms in total. The molecule has 1 aliphatic rings. The van der Waals surface area contributed by atoms with Crippen LogP contribution in [0.2, 0.25) is 0 Å². The summed E-state index contributed by atoms with van der Waals surface area (Å²) in [7, 11) is 0. The van der Waals surface area contributed by atoms with E-state index in [1.807, 2.05) is 0 Å². The molecule has 1 aromatic carbocycles. The SMILES string of the molecule is CCOC(=O)c1c(CSc2ccc(F)cc2)nc2c(O)c(CN3CCCCC3)c(Br)cn12. The predicted molar refractivity (Wildman–Crippen MR) is 126 cm³/mol. The Hall–Kier alpha value is -2.10. The Morgan fingerprint density at radius 2 is 1.97 bits per heavy atom. The van der Waals surface area contributed by atoms with Crippen LogP contribution in [0.5, 0.6) is 5.75 Å². The number of carbonyl (C=O) groups excluding carboxylic acids is 1. The van der Waals surface area contributed by atoms with Gasteiger partial charge in [-0.1, -0.05) is 6.42 Å². The maximum atomic E-state index is 13.2. The van der Waals surface area contributed by atoms with Gasteiger partial charge in [0.2, 0.25) is 0 Å². The van der Waals surface area contributed by atoms with Gasteiger partial charge in [0.1, 0.15) is 5.82 Å². The number of hydrogen-bond donors (Lipinski definition) is 1. The number of imidazole rings is 1. The number of hydrogen-bond acceptors (Lipinski definition) is 6. The Labute approximate surface area is 198 Å². The van der Waals surface area contributed by atoms with E-state index in [2.05, 4.69) is 25.8 Å². The Morgan fingerprint density at radius 1 is 1.25 bits per heavy atom. The number of rotatable bonds is 7. The zero-order valence-electron chi connectivity index (χ0n) is 17.8. The summed E-state index contributed by atoms with van der Waals surface area (Å²) < 4.78 is 20.8. The van der Waals surface area contributed by atoms with Crippen LogP contribution < -0.4 is 0 Å². The molecule has 0 saturated carbocycles. The minimum absolute atomic E-state index is 0.0635. The molecule has 0 spiro atoms. The fourth-order valence-electron chi connectivity index (χ4n) is 3.90. The van der Waals surface area contributed by atoms with Gasteiger partial charge < -0.3 is 9.84 Å². The smallest absolute Gasteiger partial charge is 0.357 e. The predicted octanol–water partition coefficient (Wildman–Crippen LogP) is 5.40. The lowest BCUT2D eigenvalue weighted by atomic mass is 10.1. The van der Waals surface area contributed by atoms with E-state index >= 15 is 0 Å². The first-order valence-corrected chi connectivity index (χ1v) is 12.4. The highest BCUT2D eigenvalue weighted by molar-refractivity contribution is 9.10. The highest BCUT2D eigenvalue weighted by Crippen LogP contribution is 2.35. The van der Waals surface area contributed by atoms with Crippen LogP contribution in [0, 0.1) is 5.82 Å². The molecular formula is C23H25BrFN3O3S. The lowest BCUT2D eigenvalue weighted by Crippen LogP contribution is -2.29. The number of pyridine rings is 1. The van der Waals surface area contributed by atoms with Gasteiger partial charge in [0.15, 0.2) is 17.1 Å². The van der Waals surface area contributed by atoms with E-state index in [0.717, 1.165) is 36.4 Å². The van der Waals surface area contributed by atoms with Crippen LogP contribution in [-0.2, 0) is 17.0 Å². The van der Waals surface area contributed by atoms with Crippen LogP contribution in [0.1, 0.15) is 47.9 Å². The largest absolute Gasteiger partial charge is 0.504 e. The van der Waals surface area contributed by atoms with E-state index < -0.39 is 5.97 Å². The van der Waals surface area contributed by atoms with Gasteiger partial charge >= 0.3 is 5.97 Å². The van der Waals surface area contributed by atoms with Crippen molar-refractivity contribution in [2.75, 3.05) is 19.7 Å². The van der Waals surface area contributed by atoms with Crippen LogP contribution in [0.25, 0.3) is 5.65 Å². The zero-order chi connectivity index (χ0) is 22.7. The van der Waals surface area contributed by atoms with Gasteiger partial charge in [-0.15, -0.1) is 11.8 Å². The Bertz CT molecular complexity index is 1110. The van der Waals surface area contributed by atoms with Gasteiger partial charge in [0.25, 0.3) is 0 Å². The molecule has 0 aliphatic carbocycles. The van der Waals surface area contributed by atoms with E-state index in [9.17, 15) is 14.3 Å². The molecule has 2 aromatic heterocycles. The lowest BCUT2D eigenvalue weighted by Gasteiger charge is -2.27.